The van der Waals surface area contributed by atoms with Gasteiger partial charge in [-0.15, -0.1) is 0 Å². The number of aliphatic hydroxyl groups excluding tert-OH is 1. The first-order valence-corrected chi connectivity index (χ1v) is 5.42. The summed E-state index contributed by atoms with van der Waals surface area (Å²) in [5.41, 5.74) is 1.15. The Hall–Kier alpha value is -0.540. The maximum absolute atomic E-state index is 8.82. The number of ether oxygens (including phenoxy) is 1. The minimum Gasteiger partial charge on any atom is -0.493 e. The Bertz CT molecular complexity index is 299. The van der Waals surface area contributed by atoms with Crippen molar-refractivity contribution in [2.75, 3.05) is 13.2 Å². The molecular formula is C11H15BrO2. The third-order valence-electron chi connectivity index (χ3n) is 1.98. The van der Waals surface area contributed by atoms with Gasteiger partial charge in [0.15, 0.2) is 0 Å². The van der Waals surface area contributed by atoms with E-state index in [2.05, 4.69) is 15.9 Å². The van der Waals surface area contributed by atoms with Gasteiger partial charge in [0.05, 0.1) is 6.61 Å². The quantitative estimate of drug-likeness (QED) is 0.900. The zero-order valence-electron chi connectivity index (χ0n) is 8.46. The van der Waals surface area contributed by atoms with Crippen LogP contribution in [0.5, 0.6) is 5.75 Å². The van der Waals surface area contributed by atoms with Crippen LogP contribution in [0.1, 0.15) is 12.5 Å². The van der Waals surface area contributed by atoms with Crippen LogP contribution in [0.25, 0.3) is 0 Å². The normalized spacial score (nSPS) is 12.6. The lowest BCUT2D eigenvalue weighted by molar-refractivity contribution is 0.174. The largest absolute Gasteiger partial charge is 0.493 e. The van der Waals surface area contributed by atoms with Gasteiger partial charge in [0, 0.05) is 17.0 Å². The molecule has 0 radical (unpaired) electrons. The molecule has 1 N–H and O–H groups in total. The molecule has 1 atom stereocenters. The fraction of sp³-hybridized carbons (Fsp3) is 0.455. The van der Waals surface area contributed by atoms with E-state index >= 15 is 0 Å². The number of hydrogen-bond donors (Lipinski definition) is 1. The molecule has 0 heterocycles. The van der Waals surface area contributed by atoms with E-state index in [1.807, 2.05) is 32.0 Å². The average Bonchev–Trinajstić information content (AvgIpc) is 2.19. The molecule has 0 aliphatic carbocycles. The van der Waals surface area contributed by atoms with Gasteiger partial charge in [-0.3, -0.25) is 0 Å². The molecule has 1 aromatic carbocycles. The highest BCUT2D eigenvalue weighted by Gasteiger charge is 2.02. The summed E-state index contributed by atoms with van der Waals surface area (Å²) in [6.07, 6.45) is 0. The van der Waals surface area contributed by atoms with Crippen LogP contribution in [0.15, 0.2) is 22.7 Å². The molecule has 78 valence electrons. The van der Waals surface area contributed by atoms with Crippen molar-refractivity contribution in [2.45, 2.75) is 13.8 Å². The molecule has 1 unspecified atom stereocenters. The smallest absolute Gasteiger partial charge is 0.119 e. The highest BCUT2D eigenvalue weighted by Crippen LogP contribution is 2.21. The Balaban J connectivity index is 2.55. The minimum absolute atomic E-state index is 0.162. The Labute approximate surface area is 93.0 Å². The Morgan fingerprint density at radius 1 is 1.50 bits per heavy atom. The molecular weight excluding hydrogens is 244 g/mol. The van der Waals surface area contributed by atoms with Gasteiger partial charge in [-0.25, -0.2) is 0 Å². The van der Waals surface area contributed by atoms with Crippen molar-refractivity contribution in [2.24, 2.45) is 5.92 Å². The van der Waals surface area contributed by atoms with Crippen LogP contribution in [0.2, 0.25) is 0 Å². The lowest BCUT2D eigenvalue weighted by Gasteiger charge is -2.11. The number of rotatable bonds is 4. The molecule has 0 saturated carbocycles. The van der Waals surface area contributed by atoms with Crippen LogP contribution in [0.3, 0.4) is 0 Å². The van der Waals surface area contributed by atoms with Gasteiger partial charge in [0.2, 0.25) is 0 Å². The summed E-state index contributed by atoms with van der Waals surface area (Å²) in [6.45, 7) is 4.69. The van der Waals surface area contributed by atoms with E-state index in [1.165, 1.54) is 0 Å². The highest BCUT2D eigenvalue weighted by molar-refractivity contribution is 9.10. The fourth-order valence-corrected chi connectivity index (χ4v) is 1.24. The van der Waals surface area contributed by atoms with Gasteiger partial charge in [-0.1, -0.05) is 22.9 Å². The minimum atomic E-state index is 0.162. The van der Waals surface area contributed by atoms with Crippen LogP contribution in [0, 0.1) is 12.8 Å². The van der Waals surface area contributed by atoms with E-state index in [0.29, 0.717) is 6.61 Å². The van der Waals surface area contributed by atoms with Crippen molar-refractivity contribution < 1.29 is 9.84 Å². The first kappa shape index (κ1) is 11.5. The van der Waals surface area contributed by atoms with E-state index in [9.17, 15) is 0 Å². The van der Waals surface area contributed by atoms with E-state index in [0.717, 1.165) is 15.8 Å². The van der Waals surface area contributed by atoms with Crippen LogP contribution in [-0.2, 0) is 0 Å². The Morgan fingerprint density at radius 3 is 2.79 bits per heavy atom. The summed E-state index contributed by atoms with van der Waals surface area (Å²) in [7, 11) is 0. The van der Waals surface area contributed by atoms with Crippen LogP contribution in [-0.4, -0.2) is 18.3 Å². The summed E-state index contributed by atoms with van der Waals surface area (Å²) in [6, 6.07) is 5.86. The third-order valence-corrected chi connectivity index (χ3v) is 2.87. The molecule has 0 bridgehead atoms. The summed E-state index contributed by atoms with van der Waals surface area (Å²) >= 11 is 3.43. The highest BCUT2D eigenvalue weighted by atomic mass is 79.9. The summed E-state index contributed by atoms with van der Waals surface area (Å²) in [4.78, 5) is 0. The average molecular weight is 259 g/mol. The molecule has 14 heavy (non-hydrogen) atoms. The Kier molecular flexibility index (Phi) is 4.42. The van der Waals surface area contributed by atoms with Gasteiger partial charge in [-0.05, 0) is 30.7 Å². The van der Waals surface area contributed by atoms with E-state index in [4.69, 9.17) is 9.84 Å². The fourth-order valence-electron chi connectivity index (χ4n) is 0.998. The second-order valence-corrected chi connectivity index (χ2v) is 4.36. The van der Waals surface area contributed by atoms with Crippen molar-refractivity contribution in [1.29, 1.82) is 0 Å². The van der Waals surface area contributed by atoms with E-state index in [-0.39, 0.29) is 12.5 Å². The number of halogens is 1. The molecule has 0 saturated heterocycles. The monoisotopic (exact) mass is 258 g/mol. The molecule has 0 fully saturated rings. The van der Waals surface area contributed by atoms with Crippen molar-refractivity contribution in [3.63, 3.8) is 0 Å². The SMILES string of the molecule is Cc1cc(OCC(C)CO)ccc1Br. The van der Waals surface area contributed by atoms with Crippen molar-refractivity contribution in [1.82, 2.24) is 0 Å². The molecule has 0 amide bonds. The zero-order valence-corrected chi connectivity index (χ0v) is 10.0. The standard InChI is InChI=1S/C11H15BrO2/c1-8(6-13)7-14-10-3-4-11(12)9(2)5-10/h3-5,8,13H,6-7H2,1-2H3. The van der Waals surface area contributed by atoms with Gasteiger partial charge in [-0.2, -0.15) is 0 Å². The second kappa shape index (κ2) is 5.37. The van der Waals surface area contributed by atoms with Crippen LogP contribution < -0.4 is 4.74 Å². The zero-order chi connectivity index (χ0) is 10.6. The number of aryl methyl sites for hydroxylation is 1. The Morgan fingerprint density at radius 2 is 2.21 bits per heavy atom. The van der Waals surface area contributed by atoms with Gasteiger partial charge >= 0.3 is 0 Å². The maximum Gasteiger partial charge on any atom is 0.119 e. The molecule has 3 heteroatoms. The number of hydrogen-bond acceptors (Lipinski definition) is 2. The molecule has 2 nitrogen and oxygen atoms in total. The van der Waals surface area contributed by atoms with Gasteiger partial charge in [0.1, 0.15) is 5.75 Å². The van der Waals surface area contributed by atoms with E-state index in [1.54, 1.807) is 0 Å². The van der Waals surface area contributed by atoms with E-state index < -0.39 is 0 Å². The lowest BCUT2D eigenvalue weighted by atomic mass is 10.2. The molecule has 0 spiro atoms. The van der Waals surface area contributed by atoms with Crippen LogP contribution >= 0.6 is 15.9 Å². The van der Waals surface area contributed by atoms with Gasteiger partial charge in [0.25, 0.3) is 0 Å². The van der Waals surface area contributed by atoms with Crippen molar-refractivity contribution in [3.05, 3.63) is 28.2 Å². The summed E-state index contributed by atoms with van der Waals surface area (Å²) in [5.74, 6) is 1.03. The lowest BCUT2D eigenvalue weighted by Crippen LogP contribution is -2.12. The molecule has 0 aliphatic rings. The molecule has 0 aromatic heterocycles. The first-order chi connectivity index (χ1) is 6.63. The number of benzene rings is 1. The first-order valence-electron chi connectivity index (χ1n) is 4.63. The second-order valence-electron chi connectivity index (χ2n) is 3.51. The topological polar surface area (TPSA) is 29.5 Å². The predicted octanol–water partition coefficient (Wildman–Crippen LogP) is 2.76. The summed E-state index contributed by atoms with van der Waals surface area (Å²) in [5, 5.41) is 8.82. The maximum atomic E-state index is 8.82. The summed E-state index contributed by atoms with van der Waals surface area (Å²) < 4.78 is 6.60. The third kappa shape index (κ3) is 3.31. The van der Waals surface area contributed by atoms with Crippen molar-refractivity contribution in [3.8, 4) is 5.75 Å². The predicted molar refractivity (Wildman–Crippen MR) is 60.6 cm³/mol. The van der Waals surface area contributed by atoms with Gasteiger partial charge < -0.3 is 9.84 Å². The van der Waals surface area contributed by atoms with Crippen molar-refractivity contribution >= 4 is 15.9 Å². The molecule has 0 aliphatic heterocycles. The number of aliphatic hydroxyl groups is 1. The molecule has 1 rings (SSSR count). The molecule has 1 aromatic rings. The van der Waals surface area contributed by atoms with Crippen LogP contribution in [0.4, 0.5) is 0 Å².